The van der Waals surface area contributed by atoms with Crippen molar-refractivity contribution in [3.63, 3.8) is 0 Å². The number of carbonyl (C=O) groups is 4. The van der Waals surface area contributed by atoms with Gasteiger partial charge in [0.1, 0.15) is 6.04 Å². The molecule has 0 aliphatic carbocycles. The maximum Gasteiger partial charge on any atom is 0.337 e. The van der Waals surface area contributed by atoms with E-state index >= 15 is 0 Å². The Bertz CT molecular complexity index is 1520. The van der Waals surface area contributed by atoms with E-state index in [4.69, 9.17) is 4.74 Å². The van der Waals surface area contributed by atoms with Crippen LogP contribution in [-0.4, -0.2) is 53.3 Å². The van der Waals surface area contributed by atoms with Crippen molar-refractivity contribution in [2.75, 3.05) is 18.6 Å². The molecule has 5 rings (SSSR count). The van der Waals surface area contributed by atoms with Gasteiger partial charge in [0.25, 0.3) is 11.8 Å². The van der Waals surface area contributed by atoms with Gasteiger partial charge in [-0.15, -0.1) is 0 Å². The van der Waals surface area contributed by atoms with E-state index in [0.717, 1.165) is 26.9 Å². The van der Waals surface area contributed by atoms with Crippen LogP contribution in [-0.2, 0) is 20.7 Å². The molecule has 1 aliphatic rings. The fourth-order valence-electron chi connectivity index (χ4n) is 4.84. The number of H-pyrrole nitrogens is 1. The predicted molar refractivity (Wildman–Crippen MR) is 143 cm³/mol. The number of benzene rings is 3. The van der Waals surface area contributed by atoms with Gasteiger partial charge in [0, 0.05) is 29.2 Å². The van der Waals surface area contributed by atoms with Gasteiger partial charge in [-0.25, -0.2) is 9.69 Å². The number of aromatic amines is 1. The van der Waals surface area contributed by atoms with E-state index in [0.29, 0.717) is 23.2 Å². The monoisotopic (exact) mass is 509 g/mol. The highest BCUT2D eigenvalue weighted by molar-refractivity contribution is 6.23. The summed E-state index contributed by atoms with van der Waals surface area (Å²) in [6.45, 7) is 2.19. The molecule has 8 nitrogen and oxygen atoms in total. The van der Waals surface area contributed by atoms with Gasteiger partial charge < -0.3 is 14.6 Å². The second-order valence-electron chi connectivity index (χ2n) is 9.30. The van der Waals surface area contributed by atoms with E-state index in [2.05, 4.69) is 4.98 Å². The zero-order chi connectivity index (χ0) is 26.8. The molecule has 0 radical (unpaired) electrons. The number of anilines is 1. The Hall–Kier alpha value is -4.72. The number of carbonyl (C=O) groups excluding carboxylic acids is 4. The van der Waals surface area contributed by atoms with Crippen LogP contribution in [0.4, 0.5) is 5.69 Å². The van der Waals surface area contributed by atoms with Crippen molar-refractivity contribution < 1.29 is 23.9 Å². The zero-order valence-corrected chi connectivity index (χ0v) is 21.1. The van der Waals surface area contributed by atoms with E-state index < -0.39 is 23.8 Å². The Morgan fingerprint density at radius 1 is 0.974 bits per heavy atom. The van der Waals surface area contributed by atoms with E-state index in [9.17, 15) is 19.2 Å². The van der Waals surface area contributed by atoms with Crippen LogP contribution in [0.5, 0.6) is 0 Å². The van der Waals surface area contributed by atoms with Crippen molar-refractivity contribution in [1.82, 2.24) is 9.88 Å². The van der Waals surface area contributed by atoms with Gasteiger partial charge >= 0.3 is 5.97 Å². The van der Waals surface area contributed by atoms with Crippen LogP contribution < -0.4 is 4.90 Å². The molecule has 1 saturated heterocycles. The first-order valence-electron chi connectivity index (χ1n) is 12.3. The number of methoxy groups -OCH3 is 1. The van der Waals surface area contributed by atoms with Crippen LogP contribution in [0.2, 0.25) is 0 Å². The van der Waals surface area contributed by atoms with Crippen molar-refractivity contribution in [3.05, 3.63) is 101 Å². The van der Waals surface area contributed by atoms with E-state index in [-0.39, 0.29) is 18.9 Å². The highest BCUT2D eigenvalue weighted by Gasteiger charge is 2.44. The summed E-state index contributed by atoms with van der Waals surface area (Å²) in [6, 6.07) is 20.2. The number of para-hydroxylation sites is 1. The third-order valence-corrected chi connectivity index (χ3v) is 6.90. The predicted octanol–water partition coefficient (Wildman–Crippen LogP) is 4.28. The number of fused-ring (bicyclic) bond motifs is 1. The zero-order valence-electron chi connectivity index (χ0n) is 21.1. The topological polar surface area (TPSA) is 99.8 Å². The van der Waals surface area contributed by atoms with E-state index in [1.54, 1.807) is 12.1 Å². The molecule has 192 valence electrons. The van der Waals surface area contributed by atoms with Gasteiger partial charge in [-0.05, 0) is 61.4 Å². The molecule has 1 atom stereocenters. The first-order chi connectivity index (χ1) is 18.4. The van der Waals surface area contributed by atoms with Crippen molar-refractivity contribution >= 4 is 40.3 Å². The smallest absolute Gasteiger partial charge is 0.337 e. The SMILES string of the molecule is COC(=O)c1ccc(N2C(=O)CC(N(CCc3c[nH]c4ccccc34)C(=O)c3ccc(C)cc3)C2=O)cc1. The van der Waals surface area contributed by atoms with Gasteiger partial charge in [0.2, 0.25) is 5.91 Å². The molecule has 38 heavy (non-hydrogen) atoms. The average molecular weight is 510 g/mol. The van der Waals surface area contributed by atoms with Gasteiger partial charge in [-0.1, -0.05) is 35.9 Å². The summed E-state index contributed by atoms with van der Waals surface area (Å²) in [5, 5.41) is 1.05. The van der Waals surface area contributed by atoms with Crippen molar-refractivity contribution in [2.24, 2.45) is 0 Å². The van der Waals surface area contributed by atoms with Crippen LogP contribution >= 0.6 is 0 Å². The number of imide groups is 1. The Morgan fingerprint density at radius 3 is 2.37 bits per heavy atom. The number of esters is 1. The van der Waals surface area contributed by atoms with E-state index in [1.807, 2.05) is 49.5 Å². The van der Waals surface area contributed by atoms with Crippen LogP contribution in [0.3, 0.4) is 0 Å². The second-order valence-corrected chi connectivity index (χ2v) is 9.30. The lowest BCUT2D eigenvalue weighted by atomic mass is 10.1. The third-order valence-electron chi connectivity index (χ3n) is 6.90. The molecule has 1 aliphatic heterocycles. The van der Waals surface area contributed by atoms with Crippen LogP contribution in [0.1, 0.15) is 38.3 Å². The van der Waals surface area contributed by atoms with Crippen LogP contribution in [0.15, 0.2) is 79.0 Å². The van der Waals surface area contributed by atoms with Crippen LogP contribution in [0.25, 0.3) is 10.9 Å². The number of ether oxygens (including phenoxy) is 1. The Balaban J connectivity index is 1.44. The molecule has 0 spiro atoms. The highest BCUT2D eigenvalue weighted by atomic mass is 16.5. The molecule has 4 aromatic rings. The van der Waals surface area contributed by atoms with Crippen LogP contribution in [0, 0.1) is 6.92 Å². The second kappa shape index (κ2) is 10.3. The minimum atomic E-state index is -0.943. The summed E-state index contributed by atoms with van der Waals surface area (Å²) in [6.07, 6.45) is 2.30. The number of hydrogen-bond acceptors (Lipinski definition) is 5. The number of nitrogens with one attached hydrogen (secondary N) is 1. The molecule has 1 N–H and O–H groups in total. The number of aromatic nitrogens is 1. The molecule has 1 unspecified atom stereocenters. The van der Waals surface area contributed by atoms with Gasteiger partial charge in [0.15, 0.2) is 0 Å². The standard InChI is InChI=1S/C30H27N3O5/c1-19-7-9-20(10-8-19)28(35)32(16-15-22-18-31-25-6-4-3-5-24(22)25)26-17-27(34)33(29(26)36)23-13-11-21(12-14-23)30(37)38-2/h3-14,18,26,31H,15-17H2,1-2H3. The van der Waals surface area contributed by atoms with Crippen molar-refractivity contribution in [2.45, 2.75) is 25.8 Å². The summed E-state index contributed by atoms with van der Waals surface area (Å²) in [7, 11) is 1.28. The first kappa shape index (κ1) is 25.0. The molecule has 0 saturated carbocycles. The summed E-state index contributed by atoms with van der Waals surface area (Å²) in [4.78, 5) is 58.0. The fourth-order valence-corrected chi connectivity index (χ4v) is 4.84. The molecule has 2 heterocycles. The summed E-state index contributed by atoms with van der Waals surface area (Å²) < 4.78 is 4.72. The third kappa shape index (κ3) is 4.68. The molecule has 3 amide bonds. The number of hydrogen-bond donors (Lipinski definition) is 1. The molecule has 8 heteroatoms. The van der Waals surface area contributed by atoms with Crippen molar-refractivity contribution in [1.29, 1.82) is 0 Å². The molecule has 1 fully saturated rings. The molecule has 3 aromatic carbocycles. The van der Waals surface area contributed by atoms with Gasteiger partial charge in [-0.2, -0.15) is 0 Å². The Labute approximate surface area is 219 Å². The Kier molecular flexibility index (Phi) is 6.79. The summed E-state index contributed by atoms with van der Waals surface area (Å²) in [5.41, 5.74) is 4.13. The van der Waals surface area contributed by atoms with Gasteiger partial charge in [-0.3, -0.25) is 14.4 Å². The minimum absolute atomic E-state index is 0.122. The molecular weight excluding hydrogens is 482 g/mol. The molecule has 1 aromatic heterocycles. The number of rotatable bonds is 7. The summed E-state index contributed by atoms with van der Waals surface area (Å²) >= 11 is 0. The highest BCUT2D eigenvalue weighted by Crippen LogP contribution is 2.28. The quantitative estimate of drug-likeness (QED) is 0.296. The number of aryl methyl sites for hydroxylation is 1. The fraction of sp³-hybridized carbons (Fsp3) is 0.200. The van der Waals surface area contributed by atoms with E-state index in [1.165, 1.54) is 36.3 Å². The lowest BCUT2D eigenvalue weighted by Gasteiger charge is -2.28. The lowest BCUT2D eigenvalue weighted by Crippen LogP contribution is -2.46. The largest absolute Gasteiger partial charge is 0.465 e. The maximum absolute atomic E-state index is 13.7. The lowest BCUT2D eigenvalue weighted by molar-refractivity contribution is -0.122. The average Bonchev–Trinajstić information content (AvgIpc) is 3.48. The molecule has 0 bridgehead atoms. The van der Waals surface area contributed by atoms with Crippen molar-refractivity contribution in [3.8, 4) is 0 Å². The minimum Gasteiger partial charge on any atom is -0.465 e. The number of amides is 3. The number of nitrogens with zero attached hydrogens (tertiary/aromatic N) is 2. The van der Waals surface area contributed by atoms with Gasteiger partial charge in [0.05, 0.1) is 24.8 Å². The normalized spacial score (nSPS) is 15.2. The molecular formula is C30H27N3O5. The first-order valence-corrected chi connectivity index (χ1v) is 12.3. The maximum atomic E-state index is 13.7. The summed E-state index contributed by atoms with van der Waals surface area (Å²) in [5.74, 6) is -1.70. The Morgan fingerprint density at radius 2 is 1.66 bits per heavy atom.